The largest absolute Gasteiger partial charge is 0.481 e. The molecule has 5 nitrogen and oxygen atoms in total. The van der Waals surface area contributed by atoms with Crippen LogP contribution in [-0.4, -0.2) is 28.6 Å². The molecule has 2 atom stereocenters. The van der Waals surface area contributed by atoms with Gasteiger partial charge in [-0.25, -0.2) is 5.06 Å². The molecule has 0 saturated carbocycles. The Hall–Kier alpha value is -1.88. The lowest BCUT2D eigenvalue weighted by atomic mass is 9.89. The Balaban J connectivity index is 2.83. The molecule has 5 heteroatoms. The second-order valence-corrected chi connectivity index (χ2v) is 6.73. The second kappa shape index (κ2) is 13.3. The normalized spacial score (nSPS) is 13.2. The minimum Gasteiger partial charge on any atom is -0.481 e. The van der Waals surface area contributed by atoms with Crippen molar-refractivity contribution in [2.45, 2.75) is 77.9 Å². The van der Waals surface area contributed by atoms with Crippen LogP contribution in [0.2, 0.25) is 0 Å². The molecule has 0 fully saturated rings. The van der Waals surface area contributed by atoms with Crippen LogP contribution in [0.15, 0.2) is 30.3 Å². The zero-order chi connectivity index (χ0) is 19.2. The number of hydrogen-bond donors (Lipinski definition) is 1. The summed E-state index contributed by atoms with van der Waals surface area (Å²) in [6, 6.07) is 9.15. The van der Waals surface area contributed by atoms with E-state index in [0.717, 1.165) is 44.1 Å². The molecule has 0 aliphatic heterocycles. The van der Waals surface area contributed by atoms with Gasteiger partial charge in [0.15, 0.2) is 0 Å². The number of benzene rings is 1. The highest BCUT2D eigenvalue weighted by molar-refractivity contribution is 5.71. The molecule has 0 bridgehead atoms. The number of carboxylic acids is 1. The minimum atomic E-state index is -0.849. The predicted octanol–water partition coefficient (Wildman–Crippen LogP) is 4.81. The number of carbonyl (C=O) groups excluding carboxylic acids is 1. The van der Waals surface area contributed by atoms with Crippen LogP contribution < -0.4 is 0 Å². The first-order valence-corrected chi connectivity index (χ1v) is 9.77. The van der Waals surface area contributed by atoms with E-state index < -0.39 is 17.9 Å². The van der Waals surface area contributed by atoms with Crippen molar-refractivity contribution in [1.29, 1.82) is 0 Å². The van der Waals surface area contributed by atoms with E-state index in [9.17, 15) is 14.7 Å². The number of unbranched alkanes of at least 4 members (excludes halogenated alkanes) is 4. The van der Waals surface area contributed by atoms with Gasteiger partial charge in [-0.1, -0.05) is 82.7 Å². The lowest BCUT2D eigenvalue weighted by Gasteiger charge is -2.32. The summed E-state index contributed by atoms with van der Waals surface area (Å²) in [5.41, 5.74) is 0.949. The maximum atomic E-state index is 11.9. The molecule has 26 heavy (non-hydrogen) atoms. The SMILES string of the molecule is CCCCCC(C(=O)O)C(CCCCC)N(C=O)OCc1ccccc1. The number of aliphatic carboxylic acids is 1. The molecule has 1 aromatic rings. The van der Waals surface area contributed by atoms with Gasteiger partial charge in [0, 0.05) is 0 Å². The number of nitrogens with zero attached hydrogens (tertiary/aromatic N) is 1. The second-order valence-electron chi connectivity index (χ2n) is 6.73. The smallest absolute Gasteiger partial charge is 0.308 e. The number of rotatable bonds is 15. The third-order valence-electron chi connectivity index (χ3n) is 4.66. The molecule has 1 aromatic carbocycles. The molecule has 0 saturated heterocycles. The number of carbonyl (C=O) groups is 2. The highest BCUT2D eigenvalue weighted by Crippen LogP contribution is 2.24. The third-order valence-corrected chi connectivity index (χ3v) is 4.66. The molecule has 2 unspecified atom stereocenters. The summed E-state index contributed by atoms with van der Waals surface area (Å²) in [4.78, 5) is 29.2. The van der Waals surface area contributed by atoms with Gasteiger partial charge in [0.1, 0.15) is 6.61 Å². The molecule has 1 rings (SSSR count). The van der Waals surface area contributed by atoms with Gasteiger partial charge in [-0.2, -0.15) is 0 Å². The summed E-state index contributed by atoms with van der Waals surface area (Å²) in [5, 5.41) is 11.0. The molecule has 0 spiro atoms. The maximum absolute atomic E-state index is 11.9. The molecular formula is C21H33NO4. The van der Waals surface area contributed by atoms with Crippen LogP contribution in [0.4, 0.5) is 0 Å². The van der Waals surface area contributed by atoms with E-state index in [4.69, 9.17) is 4.84 Å². The fourth-order valence-electron chi connectivity index (χ4n) is 3.13. The number of amides is 1. The zero-order valence-electron chi connectivity index (χ0n) is 16.1. The lowest BCUT2D eigenvalue weighted by molar-refractivity contribution is -0.203. The quantitative estimate of drug-likeness (QED) is 0.276. The van der Waals surface area contributed by atoms with E-state index in [0.29, 0.717) is 19.3 Å². The Labute approximate surface area is 157 Å². The number of hydroxylamine groups is 2. The van der Waals surface area contributed by atoms with Crippen LogP contribution in [0.25, 0.3) is 0 Å². The van der Waals surface area contributed by atoms with Crippen molar-refractivity contribution in [3.63, 3.8) is 0 Å². The molecule has 146 valence electrons. The Morgan fingerprint density at radius 3 is 2.23 bits per heavy atom. The average Bonchev–Trinajstić information content (AvgIpc) is 2.65. The van der Waals surface area contributed by atoms with E-state index >= 15 is 0 Å². The summed E-state index contributed by atoms with van der Waals surface area (Å²) < 4.78 is 0. The molecule has 1 N–H and O–H groups in total. The first-order chi connectivity index (χ1) is 12.6. The first kappa shape index (κ1) is 22.2. The van der Waals surface area contributed by atoms with Gasteiger partial charge < -0.3 is 5.11 Å². The molecule has 0 heterocycles. The Morgan fingerprint density at radius 2 is 1.69 bits per heavy atom. The summed E-state index contributed by atoms with van der Waals surface area (Å²) in [6.07, 6.45) is 7.68. The van der Waals surface area contributed by atoms with Crippen molar-refractivity contribution in [2.24, 2.45) is 5.92 Å². The van der Waals surface area contributed by atoms with Crippen molar-refractivity contribution >= 4 is 12.4 Å². The van der Waals surface area contributed by atoms with E-state index in [1.165, 1.54) is 5.06 Å². The van der Waals surface area contributed by atoms with Gasteiger partial charge in [-0.15, -0.1) is 0 Å². The van der Waals surface area contributed by atoms with E-state index in [-0.39, 0.29) is 6.61 Å². The number of hydrogen-bond acceptors (Lipinski definition) is 3. The minimum absolute atomic E-state index is 0.255. The van der Waals surface area contributed by atoms with Crippen molar-refractivity contribution in [3.8, 4) is 0 Å². The molecule has 0 radical (unpaired) electrons. The van der Waals surface area contributed by atoms with Gasteiger partial charge in [-0.3, -0.25) is 14.4 Å². The summed E-state index contributed by atoms with van der Waals surface area (Å²) in [6.45, 7) is 4.45. The average molecular weight is 363 g/mol. The van der Waals surface area contributed by atoms with Crippen molar-refractivity contribution in [1.82, 2.24) is 5.06 Å². The van der Waals surface area contributed by atoms with Crippen molar-refractivity contribution in [2.75, 3.05) is 0 Å². The van der Waals surface area contributed by atoms with Gasteiger partial charge in [0.05, 0.1) is 12.0 Å². The standard InChI is InChI=1S/C21H33NO4/c1-3-5-8-14-19(21(24)25)20(15-9-6-4-2)22(17-23)26-16-18-12-10-7-11-13-18/h7,10-13,17,19-20H,3-6,8-9,14-16H2,1-2H3,(H,24,25). The molecule has 0 aliphatic rings. The van der Waals surface area contributed by atoms with Crippen LogP contribution in [0.3, 0.4) is 0 Å². The summed E-state index contributed by atoms with van der Waals surface area (Å²) in [5.74, 6) is -1.45. The summed E-state index contributed by atoms with van der Waals surface area (Å²) in [7, 11) is 0. The lowest BCUT2D eigenvalue weighted by Crippen LogP contribution is -2.43. The topological polar surface area (TPSA) is 66.8 Å². The molecule has 1 amide bonds. The highest BCUT2D eigenvalue weighted by atomic mass is 16.7. The Morgan fingerprint density at radius 1 is 1.08 bits per heavy atom. The van der Waals surface area contributed by atoms with Crippen LogP contribution in [0.1, 0.15) is 70.8 Å². The first-order valence-electron chi connectivity index (χ1n) is 9.77. The zero-order valence-corrected chi connectivity index (χ0v) is 16.1. The number of carboxylic acid groups (broad SMARTS) is 1. The van der Waals surface area contributed by atoms with Gasteiger partial charge in [-0.05, 0) is 18.4 Å². The fraction of sp³-hybridized carbons (Fsp3) is 0.619. The monoisotopic (exact) mass is 363 g/mol. The summed E-state index contributed by atoms with van der Waals surface area (Å²) >= 11 is 0. The fourth-order valence-corrected chi connectivity index (χ4v) is 3.13. The van der Waals surface area contributed by atoms with Gasteiger partial charge >= 0.3 is 5.97 Å². The van der Waals surface area contributed by atoms with E-state index in [2.05, 4.69) is 13.8 Å². The van der Waals surface area contributed by atoms with E-state index in [1.807, 2.05) is 30.3 Å². The third kappa shape index (κ3) is 8.00. The van der Waals surface area contributed by atoms with E-state index in [1.54, 1.807) is 0 Å². The van der Waals surface area contributed by atoms with Crippen LogP contribution in [0.5, 0.6) is 0 Å². The molecule has 0 aliphatic carbocycles. The van der Waals surface area contributed by atoms with Gasteiger partial charge in [0.25, 0.3) is 0 Å². The van der Waals surface area contributed by atoms with Crippen LogP contribution in [-0.2, 0) is 21.0 Å². The van der Waals surface area contributed by atoms with Gasteiger partial charge in [0.2, 0.25) is 6.41 Å². The molecular weight excluding hydrogens is 330 g/mol. The van der Waals surface area contributed by atoms with Crippen LogP contribution >= 0.6 is 0 Å². The van der Waals surface area contributed by atoms with Crippen molar-refractivity contribution < 1.29 is 19.5 Å². The maximum Gasteiger partial charge on any atom is 0.308 e. The van der Waals surface area contributed by atoms with Crippen molar-refractivity contribution in [3.05, 3.63) is 35.9 Å². The van der Waals surface area contributed by atoms with Crippen LogP contribution in [0, 0.1) is 5.92 Å². The Bertz CT molecular complexity index is 506. The Kier molecular flexibility index (Phi) is 11.4. The highest BCUT2D eigenvalue weighted by Gasteiger charge is 2.32. The molecule has 0 aromatic heterocycles. The predicted molar refractivity (Wildman–Crippen MR) is 102 cm³/mol.